The van der Waals surface area contributed by atoms with E-state index in [1.807, 2.05) is 19.1 Å². The average Bonchev–Trinajstić information content (AvgIpc) is 3.20. The van der Waals surface area contributed by atoms with E-state index in [1.165, 1.54) is 18.0 Å². The summed E-state index contributed by atoms with van der Waals surface area (Å²) in [6, 6.07) is 17.5. The molecule has 27 heavy (non-hydrogen) atoms. The molecule has 0 aliphatic rings. The van der Waals surface area contributed by atoms with E-state index in [1.54, 1.807) is 48.5 Å². The number of amides is 2. The maximum absolute atomic E-state index is 12.4. The molecule has 138 valence electrons. The van der Waals surface area contributed by atoms with E-state index < -0.39 is 0 Å². The maximum Gasteiger partial charge on any atom is 0.291 e. The first kappa shape index (κ1) is 19.1. The van der Waals surface area contributed by atoms with Crippen LogP contribution in [0.5, 0.6) is 0 Å². The summed E-state index contributed by atoms with van der Waals surface area (Å²) in [6.45, 7) is 1.84. The number of carbonyl (C=O) groups is 2. The first-order valence-corrected chi connectivity index (χ1v) is 9.45. The number of thioether (sulfide) groups is 1. The Morgan fingerprint density at radius 1 is 0.963 bits per heavy atom. The molecular formula is C20H17ClN2O3S. The standard InChI is InChI=1S/C20H17ClN2O3S/c1-13(27-17-10-4-14(21)5-11-17)19(24)22-15-6-8-16(9-7-15)23-20(25)18-3-2-12-26-18/h2-13H,1H3,(H,22,24)(H,23,25). The van der Waals surface area contributed by atoms with Gasteiger partial charge in [0, 0.05) is 21.3 Å². The lowest BCUT2D eigenvalue weighted by Crippen LogP contribution is -2.22. The van der Waals surface area contributed by atoms with E-state index >= 15 is 0 Å². The molecular weight excluding hydrogens is 384 g/mol. The lowest BCUT2D eigenvalue weighted by molar-refractivity contribution is -0.115. The van der Waals surface area contributed by atoms with Gasteiger partial charge >= 0.3 is 0 Å². The predicted molar refractivity (Wildman–Crippen MR) is 109 cm³/mol. The van der Waals surface area contributed by atoms with E-state index in [0.29, 0.717) is 16.4 Å². The molecule has 2 amide bonds. The molecule has 3 rings (SSSR count). The molecule has 0 spiro atoms. The number of rotatable bonds is 6. The van der Waals surface area contributed by atoms with Crippen molar-refractivity contribution in [1.82, 2.24) is 0 Å². The zero-order valence-electron chi connectivity index (χ0n) is 14.4. The van der Waals surface area contributed by atoms with E-state index in [4.69, 9.17) is 16.0 Å². The Morgan fingerprint density at radius 3 is 2.19 bits per heavy atom. The third-order valence-corrected chi connectivity index (χ3v) is 5.01. The lowest BCUT2D eigenvalue weighted by Gasteiger charge is -2.12. The van der Waals surface area contributed by atoms with Crippen molar-refractivity contribution in [3.05, 3.63) is 77.7 Å². The van der Waals surface area contributed by atoms with Crippen molar-refractivity contribution in [2.45, 2.75) is 17.1 Å². The minimum absolute atomic E-state index is 0.109. The second kappa shape index (κ2) is 8.79. The molecule has 0 fully saturated rings. The highest BCUT2D eigenvalue weighted by atomic mass is 35.5. The van der Waals surface area contributed by atoms with Crippen molar-refractivity contribution in [3.8, 4) is 0 Å². The predicted octanol–water partition coefficient (Wildman–Crippen LogP) is 5.30. The first-order valence-electron chi connectivity index (χ1n) is 8.19. The molecule has 1 atom stereocenters. The SMILES string of the molecule is CC(Sc1ccc(Cl)cc1)C(=O)Nc1ccc(NC(=O)c2ccco2)cc1. The van der Waals surface area contributed by atoms with Gasteiger partial charge in [0.2, 0.25) is 5.91 Å². The lowest BCUT2D eigenvalue weighted by atomic mass is 10.2. The van der Waals surface area contributed by atoms with Crippen LogP contribution >= 0.6 is 23.4 Å². The fourth-order valence-electron chi connectivity index (χ4n) is 2.25. The van der Waals surface area contributed by atoms with Gasteiger partial charge in [-0.05, 0) is 67.6 Å². The Balaban J connectivity index is 1.54. The largest absolute Gasteiger partial charge is 0.459 e. The summed E-state index contributed by atoms with van der Waals surface area (Å²) in [4.78, 5) is 25.3. The van der Waals surface area contributed by atoms with Gasteiger partial charge < -0.3 is 15.1 Å². The van der Waals surface area contributed by atoms with Crippen LogP contribution in [0.4, 0.5) is 11.4 Å². The summed E-state index contributed by atoms with van der Waals surface area (Å²) in [6.07, 6.45) is 1.44. The molecule has 0 saturated carbocycles. The number of hydrogen-bond donors (Lipinski definition) is 2. The van der Waals surface area contributed by atoms with Crippen LogP contribution in [-0.4, -0.2) is 17.1 Å². The second-order valence-electron chi connectivity index (χ2n) is 5.71. The Hall–Kier alpha value is -2.70. The van der Waals surface area contributed by atoms with Gasteiger partial charge in [-0.1, -0.05) is 11.6 Å². The molecule has 0 saturated heterocycles. The molecule has 2 aromatic carbocycles. The molecule has 0 aliphatic heterocycles. The molecule has 3 aromatic rings. The highest BCUT2D eigenvalue weighted by molar-refractivity contribution is 8.00. The van der Waals surface area contributed by atoms with Gasteiger partial charge in [0.1, 0.15) is 0 Å². The molecule has 1 unspecified atom stereocenters. The van der Waals surface area contributed by atoms with Crippen LogP contribution in [0.3, 0.4) is 0 Å². The summed E-state index contributed by atoms with van der Waals surface area (Å²) >= 11 is 7.32. The number of benzene rings is 2. The highest BCUT2D eigenvalue weighted by Gasteiger charge is 2.15. The minimum Gasteiger partial charge on any atom is -0.459 e. The number of halogens is 1. The summed E-state index contributed by atoms with van der Waals surface area (Å²) in [7, 11) is 0. The zero-order valence-corrected chi connectivity index (χ0v) is 16.0. The van der Waals surface area contributed by atoms with Crippen molar-refractivity contribution in [2.75, 3.05) is 10.6 Å². The number of anilines is 2. The monoisotopic (exact) mass is 400 g/mol. The molecule has 1 heterocycles. The van der Waals surface area contributed by atoms with Crippen LogP contribution in [0.1, 0.15) is 17.5 Å². The first-order chi connectivity index (χ1) is 13.0. The summed E-state index contributed by atoms with van der Waals surface area (Å²) in [5.41, 5.74) is 1.26. The normalized spacial score (nSPS) is 11.6. The second-order valence-corrected chi connectivity index (χ2v) is 7.56. The fourth-order valence-corrected chi connectivity index (χ4v) is 3.25. The van der Waals surface area contributed by atoms with Gasteiger partial charge in [-0.2, -0.15) is 0 Å². The topological polar surface area (TPSA) is 71.3 Å². The summed E-state index contributed by atoms with van der Waals surface area (Å²) < 4.78 is 5.05. The van der Waals surface area contributed by atoms with Crippen molar-refractivity contribution in [2.24, 2.45) is 0 Å². The third-order valence-electron chi connectivity index (χ3n) is 3.65. The Bertz CT molecular complexity index is 909. The van der Waals surface area contributed by atoms with Gasteiger partial charge in [-0.3, -0.25) is 9.59 Å². The summed E-state index contributed by atoms with van der Waals surface area (Å²) in [5, 5.41) is 5.98. The Labute approximate surface area is 166 Å². The number of nitrogens with one attached hydrogen (secondary N) is 2. The molecule has 2 N–H and O–H groups in total. The molecule has 0 aliphatic carbocycles. The minimum atomic E-state index is -0.329. The Kier molecular flexibility index (Phi) is 6.21. The third kappa shape index (κ3) is 5.39. The molecule has 1 aromatic heterocycles. The van der Waals surface area contributed by atoms with E-state index in [-0.39, 0.29) is 22.8 Å². The smallest absolute Gasteiger partial charge is 0.291 e. The van der Waals surface area contributed by atoms with Crippen LogP contribution in [0.2, 0.25) is 5.02 Å². The van der Waals surface area contributed by atoms with Gasteiger partial charge in [-0.15, -0.1) is 11.8 Å². The van der Waals surface area contributed by atoms with Gasteiger partial charge in [0.05, 0.1) is 11.5 Å². The van der Waals surface area contributed by atoms with Crippen LogP contribution in [0.25, 0.3) is 0 Å². The van der Waals surface area contributed by atoms with Crippen LogP contribution < -0.4 is 10.6 Å². The van der Waals surface area contributed by atoms with Gasteiger partial charge in [0.15, 0.2) is 5.76 Å². The van der Waals surface area contributed by atoms with Crippen molar-refractivity contribution in [1.29, 1.82) is 0 Å². The Morgan fingerprint density at radius 2 is 1.59 bits per heavy atom. The van der Waals surface area contributed by atoms with Crippen LogP contribution in [0, 0.1) is 0 Å². The highest BCUT2D eigenvalue weighted by Crippen LogP contribution is 2.25. The molecule has 5 nitrogen and oxygen atoms in total. The van der Waals surface area contributed by atoms with Crippen LogP contribution in [0.15, 0.2) is 76.2 Å². The van der Waals surface area contributed by atoms with E-state index in [2.05, 4.69) is 10.6 Å². The average molecular weight is 401 g/mol. The maximum atomic E-state index is 12.4. The quantitative estimate of drug-likeness (QED) is 0.550. The van der Waals surface area contributed by atoms with Crippen molar-refractivity contribution >= 4 is 46.6 Å². The molecule has 0 radical (unpaired) electrons. The fraction of sp³-hybridized carbons (Fsp3) is 0.100. The van der Waals surface area contributed by atoms with Crippen LogP contribution in [-0.2, 0) is 4.79 Å². The van der Waals surface area contributed by atoms with Crippen molar-refractivity contribution < 1.29 is 14.0 Å². The summed E-state index contributed by atoms with van der Waals surface area (Å²) in [5.74, 6) is -0.201. The number of hydrogen-bond acceptors (Lipinski definition) is 4. The molecule has 0 bridgehead atoms. The zero-order chi connectivity index (χ0) is 19.2. The van der Waals surface area contributed by atoms with Gasteiger partial charge in [0.25, 0.3) is 5.91 Å². The van der Waals surface area contributed by atoms with Gasteiger partial charge in [-0.25, -0.2) is 0 Å². The number of furan rings is 1. The van der Waals surface area contributed by atoms with E-state index in [0.717, 1.165) is 4.90 Å². The molecule has 7 heteroatoms. The number of carbonyl (C=O) groups excluding carboxylic acids is 2. The van der Waals surface area contributed by atoms with Crippen molar-refractivity contribution in [3.63, 3.8) is 0 Å². The van der Waals surface area contributed by atoms with E-state index in [9.17, 15) is 9.59 Å².